The fourth-order valence-electron chi connectivity index (χ4n) is 1.49. The summed E-state index contributed by atoms with van der Waals surface area (Å²) < 4.78 is 10.9. The molecule has 1 rings (SSSR count). The monoisotopic (exact) mass is 222 g/mol. The highest BCUT2D eigenvalue weighted by molar-refractivity contribution is 5.46. The topological polar surface area (TPSA) is 35.1 Å². The lowest BCUT2D eigenvalue weighted by Gasteiger charge is -2.13. The second-order valence-corrected chi connectivity index (χ2v) is 3.45. The molecule has 0 spiro atoms. The van der Waals surface area contributed by atoms with Gasteiger partial charge in [-0.2, -0.15) is 0 Å². The lowest BCUT2D eigenvalue weighted by Crippen LogP contribution is -2.81. The molecule has 0 radical (unpaired) electrons. The van der Waals surface area contributed by atoms with Crippen molar-refractivity contribution in [2.45, 2.75) is 13.5 Å². The molecule has 0 aromatic heterocycles. The lowest BCUT2D eigenvalue weighted by atomic mass is 10.2. The summed E-state index contributed by atoms with van der Waals surface area (Å²) in [7, 11) is 1.66. The Bertz CT molecular complexity index is 337. The third kappa shape index (κ3) is 3.28. The Hall–Kier alpha value is -1.48. The van der Waals surface area contributed by atoms with Gasteiger partial charge in [-0.3, -0.25) is 0 Å². The van der Waals surface area contributed by atoms with Gasteiger partial charge < -0.3 is 14.8 Å². The molecule has 0 heterocycles. The number of para-hydroxylation sites is 1. The fourth-order valence-corrected chi connectivity index (χ4v) is 1.49. The van der Waals surface area contributed by atoms with Gasteiger partial charge in [0.25, 0.3) is 0 Å². The minimum atomic E-state index is 0.500. The Balaban J connectivity index is 2.90. The van der Waals surface area contributed by atoms with Crippen molar-refractivity contribution < 1.29 is 14.8 Å². The van der Waals surface area contributed by atoms with Crippen LogP contribution in [0.15, 0.2) is 30.9 Å². The molecule has 88 valence electrons. The molecule has 0 saturated heterocycles. The van der Waals surface area contributed by atoms with Crippen LogP contribution in [0.5, 0.6) is 11.5 Å². The largest absolute Gasteiger partial charge is 0.493 e. The Morgan fingerprint density at radius 3 is 2.88 bits per heavy atom. The highest BCUT2D eigenvalue weighted by Gasteiger charge is 2.10. The van der Waals surface area contributed by atoms with Crippen LogP contribution in [-0.4, -0.2) is 20.3 Å². The van der Waals surface area contributed by atoms with Crippen molar-refractivity contribution in [1.82, 2.24) is 0 Å². The normalized spacial score (nSPS) is 9.88. The van der Waals surface area contributed by atoms with Crippen LogP contribution in [0.2, 0.25) is 0 Å². The van der Waals surface area contributed by atoms with Crippen molar-refractivity contribution in [2.75, 3.05) is 20.3 Å². The molecule has 0 unspecified atom stereocenters. The number of rotatable bonds is 7. The van der Waals surface area contributed by atoms with Gasteiger partial charge in [0.1, 0.15) is 13.2 Å². The molecule has 1 aromatic carbocycles. The summed E-state index contributed by atoms with van der Waals surface area (Å²) in [5.74, 6) is 1.61. The third-order valence-corrected chi connectivity index (χ3v) is 2.28. The maximum absolute atomic E-state index is 5.64. The molecule has 3 nitrogen and oxygen atoms in total. The third-order valence-electron chi connectivity index (χ3n) is 2.28. The summed E-state index contributed by atoms with van der Waals surface area (Å²) in [5.41, 5.74) is 1.16. The first kappa shape index (κ1) is 12.6. The Labute approximate surface area is 97.1 Å². The maximum atomic E-state index is 5.64. The van der Waals surface area contributed by atoms with E-state index in [1.807, 2.05) is 12.1 Å². The van der Waals surface area contributed by atoms with Crippen LogP contribution >= 0.6 is 0 Å². The average molecular weight is 222 g/mol. The predicted octanol–water partition coefficient (Wildman–Crippen LogP) is 1.34. The number of hydrogen-bond acceptors (Lipinski definition) is 2. The van der Waals surface area contributed by atoms with E-state index in [4.69, 9.17) is 9.47 Å². The molecular formula is C13H20NO2+. The molecule has 0 atom stereocenters. The van der Waals surface area contributed by atoms with Crippen LogP contribution in [0.3, 0.4) is 0 Å². The van der Waals surface area contributed by atoms with E-state index in [9.17, 15) is 0 Å². The Morgan fingerprint density at radius 1 is 1.44 bits per heavy atom. The maximum Gasteiger partial charge on any atom is 0.170 e. The summed E-state index contributed by atoms with van der Waals surface area (Å²) in [5, 5.41) is 2.22. The standard InChI is InChI=1S/C13H19NO2/c1-4-9-16-13-11(10-14-5-2)7-6-8-12(13)15-3/h4,6-8,14H,1,5,9-10H2,2-3H3/p+1. The average Bonchev–Trinajstić information content (AvgIpc) is 2.33. The SMILES string of the molecule is C=CCOc1c(C[NH2+]CC)cccc1OC. The van der Waals surface area contributed by atoms with Gasteiger partial charge in [0.15, 0.2) is 11.5 Å². The number of ether oxygens (including phenoxy) is 2. The molecule has 3 heteroatoms. The quantitative estimate of drug-likeness (QED) is 0.707. The summed E-state index contributed by atoms with van der Waals surface area (Å²) in [6.45, 7) is 8.23. The van der Waals surface area contributed by atoms with Crippen molar-refractivity contribution in [3.8, 4) is 11.5 Å². The summed E-state index contributed by atoms with van der Waals surface area (Å²) in [6, 6.07) is 5.96. The minimum Gasteiger partial charge on any atom is -0.493 e. The van der Waals surface area contributed by atoms with E-state index < -0.39 is 0 Å². The van der Waals surface area contributed by atoms with E-state index >= 15 is 0 Å². The molecule has 0 aliphatic heterocycles. The first-order chi connectivity index (χ1) is 7.83. The van der Waals surface area contributed by atoms with Crippen LogP contribution < -0.4 is 14.8 Å². The smallest absolute Gasteiger partial charge is 0.170 e. The van der Waals surface area contributed by atoms with Crippen LogP contribution in [0.4, 0.5) is 0 Å². The van der Waals surface area contributed by atoms with Crippen molar-refractivity contribution in [1.29, 1.82) is 0 Å². The van der Waals surface area contributed by atoms with E-state index in [-0.39, 0.29) is 0 Å². The molecule has 0 aliphatic carbocycles. The van der Waals surface area contributed by atoms with Crippen LogP contribution in [0, 0.1) is 0 Å². The first-order valence-corrected chi connectivity index (χ1v) is 5.54. The van der Waals surface area contributed by atoms with Crippen molar-refractivity contribution in [3.63, 3.8) is 0 Å². The van der Waals surface area contributed by atoms with E-state index in [1.165, 1.54) is 0 Å². The first-order valence-electron chi connectivity index (χ1n) is 5.54. The Morgan fingerprint density at radius 2 is 2.25 bits per heavy atom. The molecule has 0 saturated carbocycles. The predicted molar refractivity (Wildman–Crippen MR) is 64.9 cm³/mol. The van der Waals surface area contributed by atoms with Crippen LogP contribution in [0.25, 0.3) is 0 Å². The van der Waals surface area contributed by atoms with Crippen LogP contribution in [-0.2, 0) is 6.54 Å². The molecular weight excluding hydrogens is 202 g/mol. The molecule has 0 bridgehead atoms. The van der Waals surface area contributed by atoms with E-state index in [0.29, 0.717) is 6.61 Å². The van der Waals surface area contributed by atoms with Gasteiger partial charge in [-0.1, -0.05) is 18.7 Å². The number of methoxy groups -OCH3 is 1. The number of benzene rings is 1. The van der Waals surface area contributed by atoms with E-state index in [2.05, 4.69) is 24.9 Å². The van der Waals surface area contributed by atoms with E-state index in [0.717, 1.165) is 30.2 Å². The molecule has 0 aliphatic rings. The van der Waals surface area contributed by atoms with Crippen molar-refractivity contribution >= 4 is 0 Å². The fraction of sp³-hybridized carbons (Fsp3) is 0.385. The minimum absolute atomic E-state index is 0.500. The molecule has 0 fully saturated rings. The zero-order chi connectivity index (χ0) is 11.8. The number of quaternary nitrogens is 1. The summed E-state index contributed by atoms with van der Waals surface area (Å²) in [4.78, 5) is 0. The highest BCUT2D eigenvalue weighted by atomic mass is 16.5. The van der Waals surface area contributed by atoms with Gasteiger partial charge in [-0.05, 0) is 19.1 Å². The summed E-state index contributed by atoms with van der Waals surface area (Å²) in [6.07, 6.45) is 1.74. The second kappa shape index (κ2) is 6.90. The van der Waals surface area contributed by atoms with Gasteiger partial charge in [0, 0.05) is 0 Å². The van der Waals surface area contributed by atoms with Gasteiger partial charge in [-0.15, -0.1) is 0 Å². The van der Waals surface area contributed by atoms with Crippen LogP contribution in [0.1, 0.15) is 12.5 Å². The number of hydrogen-bond donors (Lipinski definition) is 1. The van der Waals surface area contributed by atoms with Gasteiger partial charge in [-0.25, -0.2) is 0 Å². The second-order valence-electron chi connectivity index (χ2n) is 3.45. The van der Waals surface area contributed by atoms with E-state index in [1.54, 1.807) is 13.2 Å². The Kier molecular flexibility index (Phi) is 5.43. The van der Waals surface area contributed by atoms with Crippen molar-refractivity contribution in [2.24, 2.45) is 0 Å². The summed E-state index contributed by atoms with van der Waals surface area (Å²) >= 11 is 0. The van der Waals surface area contributed by atoms with Gasteiger partial charge in [0.2, 0.25) is 0 Å². The van der Waals surface area contributed by atoms with Gasteiger partial charge >= 0.3 is 0 Å². The highest BCUT2D eigenvalue weighted by Crippen LogP contribution is 2.30. The van der Waals surface area contributed by atoms with Gasteiger partial charge in [0.05, 0.1) is 19.2 Å². The number of nitrogens with two attached hydrogens (primary N) is 1. The molecule has 16 heavy (non-hydrogen) atoms. The zero-order valence-corrected chi connectivity index (χ0v) is 10.0. The zero-order valence-electron chi connectivity index (χ0n) is 10.0. The molecule has 0 amide bonds. The lowest BCUT2D eigenvalue weighted by molar-refractivity contribution is -0.667. The van der Waals surface area contributed by atoms with Crippen molar-refractivity contribution in [3.05, 3.63) is 36.4 Å². The molecule has 2 N–H and O–H groups in total. The molecule has 1 aromatic rings.